The fraction of sp³-hybridized carbons (Fsp3) is 0.294. The van der Waals surface area contributed by atoms with E-state index in [0.717, 1.165) is 22.5 Å². The lowest BCUT2D eigenvalue weighted by Gasteiger charge is -2.16. The molecule has 0 fully saturated rings. The lowest BCUT2D eigenvalue weighted by atomic mass is 10.1. The molecule has 0 aliphatic heterocycles. The van der Waals surface area contributed by atoms with Crippen LogP contribution in [0.2, 0.25) is 0 Å². The van der Waals surface area contributed by atoms with Gasteiger partial charge in [-0.1, -0.05) is 40.2 Å². The van der Waals surface area contributed by atoms with Gasteiger partial charge < -0.3 is 10.1 Å². The molecule has 0 saturated heterocycles. The van der Waals surface area contributed by atoms with E-state index in [1.807, 2.05) is 38.1 Å². The highest BCUT2D eigenvalue weighted by atomic mass is 79.9. The number of hydrogen-bond donors (Lipinski definition) is 1. The van der Waals surface area contributed by atoms with Crippen molar-refractivity contribution < 1.29 is 4.74 Å². The molecule has 0 saturated carbocycles. The largest absolute Gasteiger partial charge is 0.491 e. The molecule has 20 heavy (non-hydrogen) atoms. The normalized spacial score (nSPS) is 10.7. The summed E-state index contributed by atoms with van der Waals surface area (Å²) in [6.07, 6.45) is 0.184. The predicted molar refractivity (Wildman–Crippen MR) is 88.4 cm³/mol. The fourth-order valence-corrected chi connectivity index (χ4v) is 2.37. The van der Waals surface area contributed by atoms with Gasteiger partial charge in [0.25, 0.3) is 0 Å². The minimum Gasteiger partial charge on any atom is -0.491 e. The molecule has 0 bridgehead atoms. The van der Waals surface area contributed by atoms with Gasteiger partial charge >= 0.3 is 0 Å². The van der Waals surface area contributed by atoms with Gasteiger partial charge in [0.05, 0.1) is 6.10 Å². The maximum absolute atomic E-state index is 5.84. The van der Waals surface area contributed by atoms with Gasteiger partial charge in [-0.05, 0) is 44.5 Å². The highest BCUT2D eigenvalue weighted by Crippen LogP contribution is 2.25. The number of rotatable bonds is 5. The number of anilines is 1. The first-order chi connectivity index (χ1) is 9.58. The summed E-state index contributed by atoms with van der Waals surface area (Å²) in [6, 6.07) is 14.3. The summed E-state index contributed by atoms with van der Waals surface area (Å²) < 4.78 is 6.96. The maximum atomic E-state index is 5.84. The van der Waals surface area contributed by atoms with Crippen LogP contribution in [0.3, 0.4) is 0 Å². The van der Waals surface area contributed by atoms with Crippen LogP contribution in [0.25, 0.3) is 0 Å². The van der Waals surface area contributed by atoms with Gasteiger partial charge in [0.2, 0.25) is 0 Å². The lowest BCUT2D eigenvalue weighted by Crippen LogP contribution is -2.09. The number of ether oxygens (including phenoxy) is 1. The Labute approximate surface area is 129 Å². The Bertz CT molecular complexity index is 581. The zero-order valence-electron chi connectivity index (χ0n) is 12.1. The summed E-state index contributed by atoms with van der Waals surface area (Å²) in [6.45, 7) is 6.94. The van der Waals surface area contributed by atoms with E-state index in [2.05, 4.69) is 46.4 Å². The molecule has 2 rings (SSSR count). The van der Waals surface area contributed by atoms with E-state index in [-0.39, 0.29) is 6.10 Å². The van der Waals surface area contributed by atoms with Gasteiger partial charge in [0.1, 0.15) is 5.75 Å². The standard InChI is InChI=1S/C17H20BrNO/c1-12(2)20-17-10-5-4-7-14(17)11-19-16-9-6-8-15(18)13(16)3/h4-10,12,19H,11H2,1-3H3. The second-order valence-corrected chi connectivity index (χ2v) is 5.89. The summed E-state index contributed by atoms with van der Waals surface area (Å²) in [4.78, 5) is 0. The van der Waals surface area contributed by atoms with Crippen LogP contribution in [-0.4, -0.2) is 6.10 Å². The third-order valence-corrected chi connectivity index (χ3v) is 3.93. The van der Waals surface area contributed by atoms with E-state index < -0.39 is 0 Å². The molecule has 0 unspecified atom stereocenters. The highest BCUT2D eigenvalue weighted by molar-refractivity contribution is 9.10. The Balaban J connectivity index is 2.13. The first kappa shape index (κ1) is 14.9. The molecule has 0 spiro atoms. The van der Waals surface area contributed by atoms with E-state index in [1.54, 1.807) is 0 Å². The molecule has 106 valence electrons. The van der Waals surface area contributed by atoms with Crippen molar-refractivity contribution in [1.82, 2.24) is 0 Å². The van der Waals surface area contributed by atoms with Crippen LogP contribution < -0.4 is 10.1 Å². The fourth-order valence-electron chi connectivity index (χ4n) is 2.01. The van der Waals surface area contributed by atoms with Crippen molar-refractivity contribution in [2.45, 2.75) is 33.4 Å². The number of benzene rings is 2. The minimum absolute atomic E-state index is 0.184. The molecule has 0 aliphatic rings. The van der Waals surface area contributed by atoms with Crippen molar-refractivity contribution >= 4 is 21.6 Å². The molecule has 0 aromatic heterocycles. The maximum Gasteiger partial charge on any atom is 0.124 e. The first-order valence-electron chi connectivity index (χ1n) is 6.81. The number of halogens is 1. The monoisotopic (exact) mass is 333 g/mol. The molecule has 0 radical (unpaired) electrons. The summed E-state index contributed by atoms with van der Waals surface area (Å²) in [7, 11) is 0. The van der Waals surface area contributed by atoms with Crippen molar-refractivity contribution in [2.24, 2.45) is 0 Å². The van der Waals surface area contributed by atoms with Crippen molar-refractivity contribution in [3.63, 3.8) is 0 Å². The van der Waals surface area contributed by atoms with Gasteiger partial charge in [-0.3, -0.25) is 0 Å². The average Bonchev–Trinajstić information content (AvgIpc) is 2.41. The van der Waals surface area contributed by atoms with Gasteiger partial charge in [-0.15, -0.1) is 0 Å². The number of para-hydroxylation sites is 1. The van der Waals surface area contributed by atoms with Crippen molar-refractivity contribution in [2.75, 3.05) is 5.32 Å². The van der Waals surface area contributed by atoms with Gasteiger partial charge in [-0.25, -0.2) is 0 Å². The Morgan fingerprint density at radius 3 is 2.60 bits per heavy atom. The van der Waals surface area contributed by atoms with E-state index in [0.29, 0.717) is 0 Å². The van der Waals surface area contributed by atoms with Crippen LogP contribution in [0, 0.1) is 6.92 Å². The van der Waals surface area contributed by atoms with Crippen LogP contribution in [0.4, 0.5) is 5.69 Å². The average molecular weight is 334 g/mol. The lowest BCUT2D eigenvalue weighted by molar-refractivity contribution is 0.240. The Hall–Kier alpha value is -1.48. The van der Waals surface area contributed by atoms with Crippen LogP contribution in [-0.2, 0) is 6.54 Å². The summed E-state index contributed by atoms with van der Waals surface area (Å²) in [5, 5.41) is 3.47. The molecule has 3 heteroatoms. The molecular formula is C17H20BrNO. The first-order valence-corrected chi connectivity index (χ1v) is 7.60. The molecule has 2 aromatic carbocycles. The SMILES string of the molecule is Cc1c(Br)cccc1NCc1ccccc1OC(C)C. The Morgan fingerprint density at radius 2 is 1.85 bits per heavy atom. The van der Waals surface area contributed by atoms with Gasteiger partial charge in [-0.2, -0.15) is 0 Å². The predicted octanol–water partition coefficient (Wildman–Crippen LogP) is 5.16. The van der Waals surface area contributed by atoms with E-state index >= 15 is 0 Å². The van der Waals surface area contributed by atoms with E-state index in [9.17, 15) is 0 Å². The minimum atomic E-state index is 0.184. The third-order valence-electron chi connectivity index (χ3n) is 3.07. The molecule has 0 heterocycles. The van der Waals surface area contributed by atoms with E-state index in [1.165, 1.54) is 11.1 Å². The summed E-state index contributed by atoms with van der Waals surface area (Å²) in [5.41, 5.74) is 3.52. The molecule has 1 N–H and O–H groups in total. The van der Waals surface area contributed by atoms with Gasteiger partial charge in [0, 0.05) is 22.3 Å². The second-order valence-electron chi connectivity index (χ2n) is 5.04. The van der Waals surface area contributed by atoms with Crippen LogP contribution >= 0.6 is 15.9 Å². The molecule has 0 atom stereocenters. The van der Waals surface area contributed by atoms with Crippen LogP contribution in [0.5, 0.6) is 5.75 Å². The third kappa shape index (κ3) is 3.76. The smallest absolute Gasteiger partial charge is 0.124 e. The number of nitrogens with one attached hydrogen (secondary N) is 1. The zero-order valence-corrected chi connectivity index (χ0v) is 13.7. The summed E-state index contributed by atoms with van der Waals surface area (Å²) >= 11 is 3.55. The van der Waals surface area contributed by atoms with Crippen LogP contribution in [0.1, 0.15) is 25.0 Å². The zero-order chi connectivity index (χ0) is 14.5. The molecule has 0 amide bonds. The number of hydrogen-bond acceptors (Lipinski definition) is 2. The molecule has 2 aromatic rings. The van der Waals surface area contributed by atoms with Crippen molar-refractivity contribution in [3.8, 4) is 5.75 Å². The van der Waals surface area contributed by atoms with Crippen molar-refractivity contribution in [3.05, 3.63) is 58.1 Å². The second kappa shape index (κ2) is 6.80. The Morgan fingerprint density at radius 1 is 1.10 bits per heavy atom. The van der Waals surface area contributed by atoms with E-state index in [4.69, 9.17) is 4.74 Å². The van der Waals surface area contributed by atoms with Gasteiger partial charge in [0.15, 0.2) is 0 Å². The van der Waals surface area contributed by atoms with Crippen molar-refractivity contribution in [1.29, 1.82) is 0 Å². The quantitative estimate of drug-likeness (QED) is 0.816. The molecular weight excluding hydrogens is 314 g/mol. The molecule has 2 nitrogen and oxygen atoms in total. The Kier molecular flexibility index (Phi) is 5.07. The summed E-state index contributed by atoms with van der Waals surface area (Å²) in [5.74, 6) is 0.947. The van der Waals surface area contributed by atoms with Crippen LogP contribution in [0.15, 0.2) is 46.9 Å². The topological polar surface area (TPSA) is 21.3 Å². The molecule has 0 aliphatic carbocycles. The highest BCUT2D eigenvalue weighted by Gasteiger charge is 2.06.